The summed E-state index contributed by atoms with van der Waals surface area (Å²) >= 11 is 6.15. The third kappa shape index (κ3) is 3.97. The number of aromatic nitrogens is 3. The molecule has 0 atom stereocenters. The van der Waals surface area contributed by atoms with E-state index in [1.807, 2.05) is 72.8 Å². The summed E-state index contributed by atoms with van der Waals surface area (Å²) in [7, 11) is 0. The van der Waals surface area contributed by atoms with Crippen molar-refractivity contribution in [1.82, 2.24) is 15.0 Å². The molecule has 8 rings (SSSR count). The number of hydrogen-bond donors (Lipinski definition) is 0. The van der Waals surface area contributed by atoms with Crippen LogP contribution in [0.2, 0.25) is 5.02 Å². The number of fused-ring (bicyclic) bond motifs is 5. The molecule has 2 aliphatic rings. The molecule has 5 nitrogen and oxygen atoms in total. The van der Waals surface area contributed by atoms with E-state index in [1.165, 1.54) is 22.3 Å². The van der Waals surface area contributed by atoms with Crippen molar-refractivity contribution < 1.29 is 9.47 Å². The highest BCUT2D eigenvalue weighted by Gasteiger charge is 2.37. The van der Waals surface area contributed by atoms with Crippen LogP contribution < -0.4 is 9.47 Å². The summed E-state index contributed by atoms with van der Waals surface area (Å²) in [5.41, 5.74) is 7.38. The van der Waals surface area contributed by atoms with E-state index in [2.05, 4.69) is 50.2 Å². The highest BCUT2D eigenvalue weighted by atomic mass is 35.5. The standard InChI is InChI=1S/C36H24ClN3O2/c1-36(2)27-11-7-6-10-25(27)26-19-31-32(20-28(26)36)41-29-17-14-23(18-30(29)42-31)35-39-33(21-8-4-3-5-9-21)38-34(40-35)22-12-15-24(37)16-13-22/h3-20H,1-2H3. The van der Waals surface area contributed by atoms with Crippen molar-refractivity contribution in [2.24, 2.45) is 0 Å². The molecule has 0 N–H and O–H groups in total. The van der Waals surface area contributed by atoms with Gasteiger partial charge in [0.15, 0.2) is 40.5 Å². The molecule has 1 aliphatic heterocycles. The first-order valence-electron chi connectivity index (χ1n) is 13.8. The summed E-state index contributed by atoms with van der Waals surface area (Å²) in [5, 5.41) is 0.654. The van der Waals surface area contributed by atoms with Crippen LogP contribution in [-0.4, -0.2) is 15.0 Å². The molecular formula is C36H24ClN3O2. The Morgan fingerprint density at radius 2 is 1.07 bits per heavy atom. The van der Waals surface area contributed by atoms with Crippen molar-refractivity contribution in [2.45, 2.75) is 19.3 Å². The predicted molar refractivity (Wildman–Crippen MR) is 165 cm³/mol. The average molecular weight is 566 g/mol. The van der Waals surface area contributed by atoms with Crippen molar-refractivity contribution in [2.75, 3.05) is 0 Å². The lowest BCUT2D eigenvalue weighted by molar-refractivity contribution is 0.359. The van der Waals surface area contributed by atoms with Crippen LogP contribution in [0.15, 0.2) is 109 Å². The first-order chi connectivity index (χ1) is 20.4. The maximum Gasteiger partial charge on any atom is 0.170 e. The SMILES string of the molecule is CC1(C)c2ccccc2-c2cc3c(cc21)Oc1ccc(-c2nc(-c4ccccc4)nc(-c4ccc(Cl)cc4)n2)cc1O3. The van der Waals surface area contributed by atoms with E-state index < -0.39 is 0 Å². The van der Waals surface area contributed by atoms with E-state index >= 15 is 0 Å². The first-order valence-corrected chi connectivity index (χ1v) is 14.2. The minimum absolute atomic E-state index is 0.120. The Labute approximate surface area is 248 Å². The number of halogens is 1. The number of benzene rings is 5. The molecule has 0 unspecified atom stereocenters. The summed E-state index contributed by atoms with van der Waals surface area (Å²) in [6.07, 6.45) is 0. The van der Waals surface area contributed by atoms with Gasteiger partial charge >= 0.3 is 0 Å². The third-order valence-electron chi connectivity index (χ3n) is 8.06. The molecule has 0 amide bonds. The number of ether oxygens (including phenoxy) is 2. The Kier molecular flexibility index (Phi) is 5.46. The lowest BCUT2D eigenvalue weighted by Crippen LogP contribution is -2.15. The van der Waals surface area contributed by atoms with E-state index in [0.29, 0.717) is 45.5 Å². The molecule has 6 heteroatoms. The van der Waals surface area contributed by atoms with Gasteiger partial charge in [0.2, 0.25) is 0 Å². The molecule has 6 aromatic rings. The van der Waals surface area contributed by atoms with Crippen molar-refractivity contribution in [3.63, 3.8) is 0 Å². The van der Waals surface area contributed by atoms with Gasteiger partial charge in [0.25, 0.3) is 0 Å². The summed E-state index contributed by atoms with van der Waals surface area (Å²) in [6, 6.07) is 36.0. The predicted octanol–water partition coefficient (Wildman–Crippen LogP) is 9.73. The highest BCUT2D eigenvalue weighted by molar-refractivity contribution is 6.30. The van der Waals surface area contributed by atoms with Crippen LogP contribution in [0.4, 0.5) is 0 Å². The van der Waals surface area contributed by atoms with Gasteiger partial charge in [0, 0.05) is 27.1 Å². The molecular weight excluding hydrogens is 542 g/mol. The largest absolute Gasteiger partial charge is 0.450 e. The van der Waals surface area contributed by atoms with Crippen molar-refractivity contribution >= 4 is 11.6 Å². The molecule has 0 radical (unpaired) electrons. The Morgan fingerprint density at radius 3 is 1.83 bits per heavy atom. The summed E-state index contributed by atoms with van der Waals surface area (Å²) in [6.45, 7) is 4.51. The Balaban J connectivity index is 1.21. The molecule has 2 heterocycles. The molecule has 0 spiro atoms. The van der Waals surface area contributed by atoms with Gasteiger partial charge < -0.3 is 9.47 Å². The molecule has 42 heavy (non-hydrogen) atoms. The smallest absolute Gasteiger partial charge is 0.170 e. The van der Waals surface area contributed by atoms with Crippen LogP contribution in [-0.2, 0) is 5.41 Å². The Morgan fingerprint density at radius 1 is 0.500 bits per heavy atom. The fourth-order valence-electron chi connectivity index (χ4n) is 5.87. The van der Waals surface area contributed by atoms with Gasteiger partial charge in [0.1, 0.15) is 0 Å². The molecule has 202 valence electrons. The van der Waals surface area contributed by atoms with Gasteiger partial charge in [0.05, 0.1) is 0 Å². The fourth-order valence-corrected chi connectivity index (χ4v) is 5.99. The molecule has 0 saturated heterocycles. The van der Waals surface area contributed by atoms with Gasteiger partial charge in [-0.15, -0.1) is 0 Å². The quantitative estimate of drug-likeness (QED) is 0.213. The highest BCUT2D eigenvalue weighted by Crippen LogP contribution is 2.55. The maximum absolute atomic E-state index is 6.48. The molecule has 1 aromatic heterocycles. The zero-order valence-electron chi connectivity index (χ0n) is 22.9. The summed E-state index contributed by atoms with van der Waals surface area (Å²) < 4.78 is 12.9. The molecule has 1 aliphatic carbocycles. The van der Waals surface area contributed by atoms with Crippen LogP contribution >= 0.6 is 11.6 Å². The van der Waals surface area contributed by atoms with Crippen LogP contribution in [0.3, 0.4) is 0 Å². The monoisotopic (exact) mass is 565 g/mol. The second-order valence-electron chi connectivity index (χ2n) is 11.1. The Bertz CT molecular complexity index is 2020. The van der Waals surface area contributed by atoms with Crippen molar-refractivity contribution in [1.29, 1.82) is 0 Å². The zero-order chi connectivity index (χ0) is 28.4. The summed E-state index contributed by atoms with van der Waals surface area (Å²) in [5.74, 6) is 4.35. The second-order valence-corrected chi connectivity index (χ2v) is 11.5. The van der Waals surface area contributed by atoms with E-state index in [4.69, 9.17) is 36.0 Å². The lowest BCUT2D eigenvalue weighted by atomic mass is 9.82. The first kappa shape index (κ1) is 24.8. The van der Waals surface area contributed by atoms with Gasteiger partial charge in [-0.3, -0.25) is 0 Å². The van der Waals surface area contributed by atoms with Gasteiger partial charge in [-0.1, -0.05) is 80.0 Å². The summed E-state index contributed by atoms with van der Waals surface area (Å²) in [4.78, 5) is 14.5. The fraction of sp³-hybridized carbons (Fsp3) is 0.0833. The number of hydrogen-bond acceptors (Lipinski definition) is 5. The molecule has 0 saturated carbocycles. The molecule has 0 bridgehead atoms. The van der Waals surface area contributed by atoms with Crippen molar-refractivity contribution in [3.05, 3.63) is 125 Å². The van der Waals surface area contributed by atoms with E-state index in [0.717, 1.165) is 16.7 Å². The van der Waals surface area contributed by atoms with E-state index in [-0.39, 0.29) is 5.41 Å². The molecule has 0 fully saturated rings. The van der Waals surface area contributed by atoms with Crippen LogP contribution in [0, 0.1) is 0 Å². The topological polar surface area (TPSA) is 57.1 Å². The normalized spacial score (nSPS) is 13.7. The number of rotatable bonds is 3. The maximum atomic E-state index is 6.48. The van der Waals surface area contributed by atoms with Crippen LogP contribution in [0.1, 0.15) is 25.0 Å². The zero-order valence-corrected chi connectivity index (χ0v) is 23.7. The number of nitrogens with zero attached hydrogens (tertiary/aromatic N) is 3. The van der Waals surface area contributed by atoms with Gasteiger partial charge in [-0.2, -0.15) is 0 Å². The minimum Gasteiger partial charge on any atom is -0.450 e. The van der Waals surface area contributed by atoms with Gasteiger partial charge in [-0.05, 0) is 76.9 Å². The van der Waals surface area contributed by atoms with E-state index in [1.54, 1.807) is 0 Å². The second kappa shape index (κ2) is 9.26. The molecule has 5 aromatic carbocycles. The van der Waals surface area contributed by atoms with Crippen LogP contribution in [0.25, 0.3) is 45.3 Å². The van der Waals surface area contributed by atoms with E-state index in [9.17, 15) is 0 Å². The van der Waals surface area contributed by atoms with Crippen LogP contribution in [0.5, 0.6) is 23.0 Å². The minimum atomic E-state index is -0.120. The third-order valence-corrected chi connectivity index (χ3v) is 8.31. The van der Waals surface area contributed by atoms with Crippen molar-refractivity contribution in [3.8, 4) is 68.3 Å². The Hall–Kier alpha value is -5.00. The lowest BCUT2D eigenvalue weighted by Gasteiger charge is -2.25. The van der Waals surface area contributed by atoms with Gasteiger partial charge in [-0.25, -0.2) is 15.0 Å². The average Bonchev–Trinajstić information content (AvgIpc) is 3.25.